The Hall–Kier alpha value is 0.310. The molecule has 0 unspecified atom stereocenters. The minimum Gasteiger partial charge on any atom is -0.325 e. The van der Waals surface area contributed by atoms with Gasteiger partial charge in [-0.15, -0.1) is 0 Å². The molecule has 2 heteroatoms. The summed E-state index contributed by atoms with van der Waals surface area (Å²) >= 11 is 0. The summed E-state index contributed by atoms with van der Waals surface area (Å²) in [7, 11) is 0. The van der Waals surface area contributed by atoms with Gasteiger partial charge < -0.3 is 5.73 Å². The van der Waals surface area contributed by atoms with Crippen LogP contribution in [-0.2, 0) is 0 Å². The van der Waals surface area contributed by atoms with Crippen LogP contribution in [0.2, 0.25) is 0 Å². The average Bonchev–Trinajstić information content (AvgIpc) is 2.64. The van der Waals surface area contributed by atoms with E-state index in [0.29, 0.717) is 0 Å². The van der Waals surface area contributed by atoms with E-state index in [4.69, 9.17) is 5.73 Å². The highest BCUT2D eigenvalue weighted by molar-refractivity contribution is 7.59. The molecule has 0 heterocycles. The van der Waals surface area contributed by atoms with Crippen LogP contribution < -0.4 is 5.73 Å². The molecule has 1 nitrogen and oxygen atoms in total. The number of hydrogen-bond acceptors (Lipinski definition) is 1. The van der Waals surface area contributed by atoms with E-state index >= 15 is 0 Å². The summed E-state index contributed by atoms with van der Waals surface area (Å²) < 4.78 is 0. The van der Waals surface area contributed by atoms with Gasteiger partial charge in [-0.05, 0) is 19.3 Å². The number of hydrogen-bond donors (Lipinski definition) is 1. The molecule has 0 radical (unpaired) electrons. The van der Waals surface area contributed by atoms with Crippen molar-refractivity contribution in [3.63, 3.8) is 0 Å². The van der Waals surface area contributed by atoms with Gasteiger partial charge in [-0.1, -0.05) is 136 Å². The lowest BCUT2D eigenvalue weighted by Crippen LogP contribution is -2.39. The summed E-state index contributed by atoms with van der Waals surface area (Å²) in [5.74, 6) is 0. The molecule has 0 saturated heterocycles. The van der Waals surface area contributed by atoms with Crippen molar-refractivity contribution in [3.8, 4) is 0 Å². The van der Waals surface area contributed by atoms with Gasteiger partial charge >= 0.3 is 0 Å². The normalized spacial score (nSPS) is 11.6. The van der Waals surface area contributed by atoms with Crippen molar-refractivity contribution in [2.24, 2.45) is 5.73 Å². The second-order valence-electron chi connectivity index (χ2n) is 8.92. The Balaban J connectivity index is 0. The third kappa shape index (κ3) is 20.8. The molecule has 0 atom stereocenters. The first kappa shape index (κ1) is 29.5. The smallest absolute Gasteiger partial charge is 0.0154 e. The lowest BCUT2D eigenvalue weighted by molar-refractivity contribution is 0.302. The summed E-state index contributed by atoms with van der Waals surface area (Å²) in [5.41, 5.74) is 7.06. The highest BCUT2D eigenvalue weighted by atomic mass is 32.1. The topological polar surface area (TPSA) is 26.0 Å². The van der Waals surface area contributed by atoms with Crippen LogP contribution >= 0.6 is 13.5 Å². The molecule has 0 aromatic heterocycles. The van der Waals surface area contributed by atoms with Gasteiger partial charge in [-0.3, -0.25) is 0 Å². The number of nitrogens with two attached hydrogens (primary N) is 1. The van der Waals surface area contributed by atoms with Crippen LogP contribution in [0.25, 0.3) is 0 Å². The van der Waals surface area contributed by atoms with Gasteiger partial charge in [0.2, 0.25) is 0 Å². The Kier molecular flexibility index (Phi) is 24.7. The molecule has 0 fully saturated rings. The molecular formula is C25H55NS. The molecule has 0 amide bonds. The van der Waals surface area contributed by atoms with Crippen LogP contribution in [0.1, 0.15) is 156 Å². The highest BCUT2D eigenvalue weighted by Crippen LogP contribution is 2.27. The Morgan fingerprint density at radius 2 is 0.630 bits per heavy atom. The first-order valence-electron chi connectivity index (χ1n) is 12.5. The maximum absolute atomic E-state index is 6.92. The van der Waals surface area contributed by atoms with Gasteiger partial charge in [0.25, 0.3) is 0 Å². The van der Waals surface area contributed by atoms with E-state index in [0.717, 1.165) is 0 Å². The Labute approximate surface area is 180 Å². The van der Waals surface area contributed by atoms with Gasteiger partial charge in [0.1, 0.15) is 0 Å². The Morgan fingerprint density at radius 3 is 0.889 bits per heavy atom. The van der Waals surface area contributed by atoms with Crippen molar-refractivity contribution in [3.05, 3.63) is 0 Å². The first-order valence-corrected chi connectivity index (χ1v) is 12.5. The van der Waals surface area contributed by atoms with E-state index in [2.05, 4.69) is 20.8 Å². The Bertz CT molecular complexity index is 226. The molecule has 27 heavy (non-hydrogen) atoms. The van der Waals surface area contributed by atoms with Crippen molar-refractivity contribution in [1.29, 1.82) is 0 Å². The van der Waals surface area contributed by atoms with Crippen LogP contribution in [-0.4, -0.2) is 5.54 Å². The highest BCUT2D eigenvalue weighted by Gasteiger charge is 2.23. The minimum absolute atomic E-state index is 0. The predicted octanol–water partition coefficient (Wildman–Crippen LogP) is 9.05. The standard InChI is InChI=1S/C25H53N.H2S/c1-4-7-10-13-16-19-22-25(26,23-20-17-14-11-8-5-2)24-21-18-15-12-9-6-3;/h4-24,26H2,1-3H3;1H2. The van der Waals surface area contributed by atoms with E-state index in [1.54, 1.807) is 0 Å². The van der Waals surface area contributed by atoms with Crippen molar-refractivity contribution >= 4 is 13.5 Å². The van der Waals surface area contributed by atoms with E-state index in [-0.39, 0.29) is 19.0 Å². The van der Waals surface area contributed by atoms with Crippen LogP contribution in [0.3, 0.4) is 0 Å². The van der Waals surface area contributed by atoms with E-state index in [1.165, 1.54) is 135 Å². The van der Waals surface area contributed by atoms with Crippen molar-refractivity contribution in [2.75, 3.05) is 0 Å². The summed E-state index contributed by atoms with van der Waals surface area (Å²) in [5, 5.41) is 0. The van der Waals surface area contributed by atoms with Gasteiger partial charge in [0.15, 0.2) is 0 Å². The molecule has 0 aliphatic heterocycles. The van der Waals surface area contributed by atoms with Gasteiger partial charge in [0.05, 0.1) is 0 Å². The zero-order valence-corrected chi connectivity index (χ0v) is 20.4. The average molecular weight is 402 g/mol. The zero-order valence-electron chi connectivity index (χ0n) is 19.4. The maximum atomic E-state index is 6.92. The van der Waals surface area contributed by atoms with Crippen LogP contribution in [0.4, 0.5) is 0 Å². The lowest BCUT2D eigenvalue weighted by Gasteiger charge is -2.30. The number of rotatable bonds is 21. The third-order valence-electron chi connectivity index (χ3n) is 6.08. The molecule has 0 aromatic carbocycles. The molecule has 0 rings (SSSR count). The summed E-state index contributed by atoms with van der Waals surface area (Å²) in [6.07, 6.45) is 28.8. The van der Waals surface area contributed by atoms with Gasteiger partial charge in [0, 0.05) is 5.54 Å². The van der Waals surface area contributed by atoms with Crippen LogP contribution in [0.15, 0.2) is 0 Å². The second kappa shape index (κ2) is 22.6. The molecule has 166 valence electrons. The van der Waals surface area contributed by atoms with Gasteiger partial charge in [-0.25, -0.2) is 0 Å². The summed E-state index contributed by atoms with van der Waals surface area (Å²) in [6, 6.07) is 0. The largest absolute Gasteiger partial charge is 0.325 e. The van der Waals surface area contributed by atoms with E-state index in [1.807, 2.05) is 0 Å². The minimum atomic E-state index is 0. The van der Waals surface area contributed by atoms with Crippen molar-refractivity contribution < 1.29 is 0 Å². The number of unbranched alkanes of at least 4 members (excludes halogenated alkanes) is 15. The zero-order chi connectivity index (χ0) is 19.3. The lowest BCUT2D eigenvalue weighted by atomic mass is 9.82. The fourth-order valence-corrected chi connectivity index (χ4v) is 4.15. The molecule has 0 bridgehead atoms. The summed E-state index contributed by atoms with van der Waals surface area (Å²) in [4.78, 5) is 0. The molecule has 0 aliphatic carbocycles. The first-order chi connectivity index (χ1) is 12.7. The predicted molar refractivity (Wildman–Crippen MR) is 131 cm³/mol. The van der Waals surface area contributed by atoms with Crippen LogP contribution in [0, 0.1) is 0 Å². The van der Waals surface area contributed by atoms with Crippen molar-refractivity contribution in [2.45, 2.75) is 161 Å². The third-order valence-corrected chi connectivity index (χ3v) is 6.08. The van der Waals surface area contributed by atoms with Crippen LogP contribution in [0.5, 0.6) is 0 Å². The SMILES string of the molecule is CCCCCCCCC(N)(CCCCCCCC)CCCCCCCC.S. The molecule has 2 N–H and O–H groups in total. The second-order valence-corrected chi connectivity index (χ2v) is 8.92. The van der Waals surface area contributed by atoms with Crippen molar-refractivity contribution in [1.82, 2.24) is 0 Å². The monoisotopic (exact) mass is 401 g/mol. The fraction of sp³-hybridized carbons (Fsp3) is 1.00. The molecule has 0 saturated carbocycles. The van der Waals surface area contributed by atoms with Gasteiger partial charge in [-0.2, -0.15) is 13.5 Å². The molecule has 0 aromatic rings. The molecule has 0 spiro atoms. The van der Waals surface area contributed by atoms with E-state index in [9.17, 15) is 0 Å². The maximum Gasteiger partial charge on any atom is 0.0154 e. The Morgan fingerprint density at radius 1 is 0.407 bits per heavy atom. The molecule has 0 aliphatic rings. The fourth-order valence-electron chi connectivity index (χ4n) is 4.15. The summed E-state index contributed by atoms with van der Waals surface area (Å²) in [6.45, 7) is 6.89. The van der Waals surface area contributed by atoms with E-state index < -0.39 is 0 Å². The molecular weight excluding hydrogens is 346 g/mol. The quantitative estimate of drug-likeness (QED) is 0.191.